The minimum absolute atomic E-state index is 0.693. The Morgan fingerprint density at radius 2 is 2.00 bits per heavy atom. The van der Waals surface area contributed by atoms with Gasteiger partial charge in [0.1, 0.15) is 5.75 Å². The monoisotopic (exact) mass is 261 g/mol. The number of rotatable bonds is 5. The molecular weight excluding hydrogens is 234 g/mol. The SMILES string of the molecule is COc1ccccc1CCNC1CCCC(C)C1C. The molecule has 0 heterocycles. The van der Waals surface area contributed by atoms with Crippen LogP contribution in [0.1, 0.15) is 38.7 Å². The average molecular weight is 261 g/mol. The van der Waals surface area contributed by atoms with Crippen LogP contribution in [0.2, 0.25) is 0 Å². The standard InChI is InChI=1S/C17H27NO/c1-13-7-6-9-16(14(13)2)18-12-11-15-8-4-5-10-17(15)19-3/h4-5,8,10,13-14,16,18H,6-7,9,11-12H2,1-3H3. The van der Waals surface area contributed by atoms with Crippen LogP contribution in [-0.4, -0.2) is 19.7 Å². The van der Waals surface area contributed by atoms with Crippen molar-refractivity contribution in [3.8, 4) is 5.75 Å². The summed E-state index contributed by atoms with van der Waals surface area (Å²) in [5.74, 6) is 2.67. The Balaban J connectivity index is 1.83. The molecule has 2 heteroatoms. The summed E-state index contributed by atoms with van der Waals surface area (Å²) < 4.78 is 5.40. The van der Waals surface area contributed by atoms with Crippen molar-refractivity contribution in [2.24, 2.45) is 11.8 Å². The van der Waals surface area contributed by atoms with Gasteiger partial charge >= 0.3 is 0 Å². The Morgan fingerprint density at radius 3 is 2.79 bits per heavy atom. The summed E-state index contributed by atoms with van der Waals surface area (Å²) in [7, 11) is 1.75. The van der Waals surface area contributed by atoms with Crippen molar-refractivity contribution in [3.63, 3.8) is 0 Å². The van der Waals surface area contributed by atoms with Gasteiger partial charge in [0.05, 0.1) is 7.11 Å². The van der Waals surface area contributed by atoms with Gasteiger partial charge < -0.3 is 10.1 Å². The molecule has 0 aliphatic heterocycles. The predicted octanol–water partition coefficient (Wildman–Crippen LogP) is 3.65. The molecule has 3 atom stereocenters. The van der Waals surface area contributed by atoms with Crippen LogP contribution >= 0.6 is 0 Å². The van der Waals surface area contributed by atoms with Crippen molar-refractivity contribution in [1.82, 2.24) is 5.32 Å². The Bertz CT molecular complexity index is 391. The van der Waals surface area contributed by atoms with E-state index < -0.39 is 0 Å². The van der Waals surface area contributed by atoms with Crippen LogP contribution in [0.3, 0.4) is 0 Å². The zero-order valence-electron chi connectivity index (χ0n) is 12.5. The van der Waals surface area contributed by atoms with Crippen molar-refractivity contribution in [3.05, 3.63) is 29.8 Å². The molecular formula is C17H27NO. The van der Waals surface area contributed by atoms with E-state index in [1.807, 2.05) is 12.1 Å². The fourth-order valence-corrected chi connectivity index (χ4v) is 3.17. The maximum atomic E-state index is 5.40. The molecule has 0 radical (unpaired) electrons. The second-order valence-corrected chi connectivity index (χ2v) is 5.89. The molecule has 1 aromatic rings. The second-order valence-electron chi connectivity index (χ2n) is 5.89. The molecule has 0 bridgehead atoms. The van der Waals surface area contributed by atoms with Gasteiger partial charge in [-0.1, -0.05) is 44.9 Å². The van der Waals surface area contributed by atoms with E-state index >= 15 is 0 Å². The van der Waals surface area contributed by atoms with Crippen LogP contribution in [0.5, 0.6) is 5.75 Å². The van der Waals surface area contributed by atoms with Crippen LogP contribution in [0, 0.1) is 11.8 Å². The average Bonchev–Trinajstić information content (AvgIpc) is 2.44. The Kier molecular flexibility index (Phi) is 5.26. The van der Waals surface area contributed by atoms with Gasteiger partial charge in [-0.05, 0) is 42.9 Å². The summed E-state index contributed by atoms with van der Waals surface area (Å²) in [5.41, 5.74) is 1.30. The van der Waals surface area contributed by atoms with Crippen molar-refractivity contribution in [2.45, 2.75) is 45.6 Å². The number of benzene rings is 1. The number of ether oxygens (including phenoxy) is 1. The molecule has 0 spiro atoms. The number of para-hydroxylation sites is 1. The second kappa shape index (κ2) is 6.95. The van der Waals surface area contributed by atoms with E-state index in [1.165, 1.54) is 24.8 Å². The summed E-state index contributed by atoms with van der Waals surface area (Å²) >= 11 is 0. The van der Waals surface area contributed by atoms with Gasteiger partial charge in [0.2, 0.25) is 0 Å². The Hall–Kier alpha value is -1.02. The highest BCUT2D eigenvalue weighted by molar-refractivity contribution is 5.33. The lowest BCUT2D eigenvalue weighted by Crippen LogP contribution is -2.41. The molecule has 106 valence electrons. The fourth-order valence-electron chi connectivity index (χ4n) is 3.17. The van der Waals surface area contributed by atoms with Crippen LogP contribution in [0.15, 0.2) is 24.3 Å². The third kappa shape index (κ3) is 3.73. The van der Waals surface area contributed by atoms with Gasteiger partial charge in [-0.15, -0.1) is 0 Å². The zero-order chi connectivity index (χ0) is 13.7. The van der Waals surface area contributed by atoms with E-state index in [2.05, 4.69) is 31.3 Å². The molecule has 1 saturated carbocycles. The summed E-state index contributed by atoms with van der Waals surface area (Å²) in [5, 5.41) is 3.75. The van der Waals surface area contributed by atoms with Gasteiger partial charge in [-0.3, -0.25) is 0 Å². The number of hydrogen-bond acceptors (Lipinski definition) is 2. The molecule has 1 aliphatic carbocycles. The first-order valence-electron chi connectivity index (χ1n) is 7.57. The maximum absolute atomic E-state index is 5.40. The first kappa shape index (κ1) is 14.4. The van der Waals surface area contributed by atoms with E-state index in [1.54, 1.807) is 7.11 Å². The molecule has 2 nitrogen and oxygen atoms in total. The van der Waals surface area contributed by atoms with Crippen LogP contribution in [-0.2, 0) is 6.42 Å². The van der Waals surface area contributed by atoms with E-state index in [4.69, 9.17) is 4.74 Å². The highest BCUT2D eigenvalue weighted by atomic mass is 16.5. The lowest BCUT2D eigenvalue weighted by Gasteiger charge is -2.34. The molecule has 0 saturated heterocycles. The smallest absolute Gasteiger partial charge is 0.122 e. The first-order chi connectivity index (χ1) is 9.22. The van der Waals surface area contributed by atoms with Crippen LogP contribution < -0.4 is 10.1 Å². The number of methoxy groups -OCH3 is 1. The van der Waals surface area contributed by atoms with Crippen LogP contribution in [0.4, 0.5) is 0 Å². The molecule has 1 aromatic carbocycles. The summed E-state index contributed by atoms with van der Waals surface area (Å²) in [4.78, 5) is 0. The van der Waals surface area contributed by atoms with Gasteiger partial charge in [-0.25, -0.2) is 0 Å². The van der Waals surface area contributed by atoms with Gasteiger partial charge in [0.15, 0.2) is 0 Å². The molecule has 3 unspecified atom stereocenters. The Labute approximate surface area is 117 Å². The third-order valence-corrected chi connectivity index (χ3v) is 4.70. The predicted molar refractivity (Wildman–Crippen MR) is 80.7 cm³/mol. The minimum Gasteiger partial charge on any atom is -0.496 e. The minimum atomic E-state index is 0.693. The summed E-state index contributed by atoms with van der Waals surface area (Å²) in [6, 6.07) is 9.01. The molecule has 0 aromatic heterocycles. The largest absolute Gasteiger partial charge is 0.496 e. The van der Waals surface area contributed by atoms with E-state index in [0.29, 0.717) is 6.04 Å². The Morgan fingerprint density at radius 1 is 1.21 bits per heavy atom. The normalized spacial score (nSPS) is 27.2. The fraction of sp³-hybridized carbons (Fsp3) is 0.647. The van der Waals surface area contributed by atoms with Crippen molar-refractivity contribution >= 4 is 0 Å². The van der Waals surface area contributed by atoms with Gasteiger partial charge in [0.25, 0.3) is 0 Å². The molecule has 1 aliphatic rings. The maximum Gasteiger partial charge on any atom is 0.122 e. The lowest BCUT2D eigenvalue weighted by atomic mass is 9.78. The first-order valence-corrected chi connectivity index (χ1v) is 7.57. The highest BCUT2D eigenvalue weighted by Gasteiger charge is 2.26. The molecule has 2 rings (SSSR count). The summed E-state index contributed by atoms with van der Waals surface area (Å²) in [6.07, 6.45) is 5.14. The van der Waals surface area contributed by atoms with E-state index in [-0.39, 0.29) is 0 Å². The highest BCUT2D eigenvalue weighted by Crippen LogP contribution is 2.29. The molecule has 1 fully saturated rings. The molecule has 0 amide bonds. The van der Waals surface area contributed by atoms with Crippen molar-refractivity contribution < 1.29 is 4.74 Å². The van der Waals surface area contributed by atoms with E-state index in [9.17, 15) is 0 Å². The zero-order valence-corrected chi connectivity index (χ0v) is 12.5. The van der Waals surface area contributed by atoms with Crippen molar-refractivity contribution in [1.29, 1.82) is 0 Å². The quantitative estimate of drug-likeness (QED) is 0.873. The molecule has 1 N–H and O–H groups in total. The van der Waals surface area contributed by atoms with Gasteiger partial charge in [-0.2, -0.15) is 0 Å². The molecule has 19 heavy (non-hydrogen) atoms. The lowest BCUT2D eigenvalue weighted by molar-refractivity contribution is 0.208. The van der Waals surface area contributed by atoms with Crippen LogP contribution in [0.25, 0.3) is 0 Å². The van der Waals surface area contributed by atoms with Gasteiger partial charge in [0, 0.05) is 6.04 Å². The number of nitrogens with one attached hydrogen (secondary N) is 1. The van der Waals surface area contributed by atoms with Crippen molar-refractivity contribution in [2.75, 3.05) is 13.7 Å². The summed E-state index contributed by atoms with van der Waals surface area (Å²) in [6.45, 7) is 5.82. The third-order valence-electron chi connectivity index (χ3n) is 4.70. The number of hydrogen-bond donors (Lipinski definition) is 1. The topological polar surface area (TPSA) is 21.3 Å². The van der Waals surface area contributed by atoms with E-state index in [0.717, 1.165) is 30.6 Å².